The second-order valence-corrected chi connectivity index (χ2v) is 4.86. The summed E-state index contributed by atoms with van der Waals surface area (Å²) in [6.07, 6.45) is 5.20. The van der Waals surface area contributed by atoms with Crippen LogP contribution in [0.1, 0.15) is 24.3 Å². The molecule has 0 radical (unpaired) electrons. The third-order valence-corrected chi connectivity index (χ3v) is 3.65. The standard InChI is InChI=1S/C16H16N2O/c19-16-11-13(14-5-4-9-17-12-14)8-10-18(16)15-6-2-1-3-7-15/h1-7,9,12-13H,8,10-11H2. The summed E-state index contributed by atoms with van der Waals surface area (Å²) in [6.45, 7) is 0.780. The molecule has 96 valence electrons. The molecular weight excluding hydrogens is 236 g/mol. The molecule has 3 heteroatoms. The van der Waals surface area contributed by atoms with Crippen LogP contribution in [0.25, 0.3) is 0 Å². The van der Waals surface area contributed by atoms with Crippen molar-refractivity contribution in [2.24, 2.45) is 0 Å². The Bertz CT molecular complexity index is 553. The minimum Gasteiger partial charge on any atom is -0.312 e. The highest BCUT2D eigenvalue weighted by Gasteiger charge is 2.27. The third kappa shape index (κ3) is 2.50. The average molecular weight is 252 g/mol. The zero-order chi connectivity index (χ0) is 13.1. The SMILES string of the molecule is O=C1CC(c2cccnc2)CCN1c1ccccc1. The number of aromatic nitrogens is 1. The Morgan fingerprint density at radius 2 is 1.95 bits per heavy atom. The molecule has 0 N–H and O–H groups in total. The maximum Gasteiger partial charge on any atom is 0.227 e. The van der Waals surface area contributed by atoms with Crippen LogP contribution in [0.4, 0.5) is 5.69 Å². The van der Waals surface area contributed by atoms with E-state index in [-0.39, 0.29) is 5.91 Å². The number of para-hydroxylation sites is 1. The number of pyridine rings is 1. The van der Waals surface area contributed by atoms with Crippen molar-refractivity contribution >= 4 is 11.6 Å². The van der Waals surface area contributed by atoms with E-state index in [0.717, 1.165) is 18.7 Å². The molecule has 1 aromatic heterocycles. The van der Waals surface area contributed by atoms with Gasteiger partial charge in [0.05, 0.1) is 0 Å². The molecule has 1 atom stereocenters. The minimum absolute atomic E-state index is 0.200. The lowest BCUT2D eigenvalue weighted by Gasteiger charge is -2.31. The fraction of sp³-hybridized carbons (Fsp3) is 0.250. The van der Waals surface area contributed by atoms with Gasteiger partial charge in [-0.25, -0.2) is 0 Å². The highest BCUT2D eigenvalue weighted by Crippen LogP contribution is 2.30. The maximum atomic E-state index is 12.3. The number of anilines is 1. The van der Waals surface area contributed by atoms with Crippen molar-refractivity contribution in [3.63, 3.8) is 0 Å². The van der Waals surface area contributed by atoms with Gasteiger partial charge in [0.2, 0.25) is 5.91 Å². The molecule has 1 saturated heterocycles. The summed E-state index contributed by atoms with van der Waals surface area (Å²) in [5, 5.41) is 0. The number of nitrogens with zero attached hydrogens (tertiary/aromatic N) is 2. The minimum atomic E-state index is 0.200. The van der Waals surface area contributed by atoms with Gasteiger partial charge in [-0.15, -0.1) is 0 Å². The van der Waals surface area contributed by atoms with E-state index in [4.69, 9.17) is 0 Å². The van der Waals surface area contributed by atoms with Gasteiger partial charge in [-0.2, -0.15) is 0 Å². The molecule has 0 saturated carbocycles. The topological polar surface area (TPSA) is 33.2 Å². The summed E-state index contributed by atoms with van der Waals surface area (Å²) in [6, 6.07) is 13.9. The van der Waals surface area contributed by atoms with E-state index < -0.39 is 0 Å². The average Bonchev–Trinajstić information content (AvgIpc) is 2.49. The Labute approximate surface area is 112 Å². The van der Waals surface area contributed by atoms with Crippen molar-refractivity contribution in [3.05, 3.63) is 60.4 Å². The van der Waals surface area contributed by atoms with Crippen LogP contribution < -0.4 is 4.90 Å². The lowest BCUT2D eigenvalue weighted by molar-refractivity contribution is -0.119. The first-order valence-electron chi connectivity index (χ1n) is 6.60. The van der Waals surface area contributed by atoms with E-state index in [9.17, 15) is 4.79 Å². The highest BCUT2D eigenvalue weighted by atomic mass is 16.2. The van der Waals surface area contributed by atoms with Crippen LogP contribution in [0, 0.1) is 0 Å². The van der Waals surface area contributed by atoms with Gasteiger partial charge in [0, 0.05) is 31.0 Å². The van der Waals surface area contributed by atoms with Gasteiger partial charge >= 0.3 is 0 Å². The second-order valence-electron chi connectivity index (χ2n) is 4.86. The van der Waals surface area contributed by atoms with Crippen molar-refractivity contribution < 1.29 is 4.79 Å². The van der Waals surface area contributed by atoms with Gasteiger partial charge in [-0.3, -0.25) is 9.78 Å². The molecule has 1 aromatic carbocycles. The summed E-state index contributed by atoms with van der Waals surface area (Å²) in [7, 11) is 0. The van der Waals surface area contributed by atoms with Crippen LogP contribution in [0.15, 0.2) is 54.9 Å². The first-order chi connectivity index (χ1) is 9.34. The van der Waals surface area contributed by atoms with Crippen molar-refractivity contribution in [2.45, 2.75) is 18.8 Å². The van der Waals surface area contributed by atoms with Crippen LogP contribution >= 0.6 is 0 Å². The number of rotatable bonds is 2. The predicted octanol–water partition coefficient (Wildman–Crippen LogP) is 2.99. The van der Waals surface area contributed by atoms with E-state index in [1.54, 1.807) is 6.20 Å². The normalized spacial score (nSPS) is 19.5. The zero-order valence-electron chi connectivity index (χ0n) is 10.7. The van der Waals surface area contributed by atoms with E-state index >= 15 is 0 Å². The summed E-state index contributed by atoms with van der Waals surface area (Å²) in [4.78, 5) is 18.3. The fourth-order valence-electron chi connectivity index (χ4n) is 2.62. The van der Waals surface area contributed by atoms with E-state index in [1.807, 2.05) is 47.5 Å². The lowest BCUT2D eigenvalue weighted by atomic mass is 9.90. The molecule has 1 amide bonds. The molecule has 3 rings (SSSR count). The van der Waals surface area contributed by atoms with Crippen molar-refractivity contribution in [2.75, 3.05) is 11.4 Å². The van der Waals surface area contributed by atoms with Crippen LogP contribution in [0.2, 0.25) is 0 Å². The number of carbonyl (C=O) groups is 1. The molecule has 19 heavy (non-hydrogen) atoms. The van der Waals surface area contributed by atoms with Gasteiger partial charge in [-0.05, 0) is 36.1 Å². The molecule has 0 aliphatic carbocycles. The van der Waals surface area contributed by atoms with E-state index in [2.05, 4.69) is 11.1 Å². The molecule has 1 unspecified atom stereocenters. The van der Waals surface area contributed by atoms with E-state index in [1.165, 1.54) is 5.56 Å². The summed E-state index contributed by atoms with van der Waals surface area (Å²) in [5.41, 5.74) is 2.17. The highest BCUT2D eigenvalue weighted by molar-refractivity contribution is 5.94. The molecule has 0 bridgehead atoms. The molecule has 1 fully saturated rings. The number of carbonyl (C=O) groups excluding carboxylic acids is 1. The Morgan fingerprint density at radius 3 is 2.63 bits per heavy atom. The number of benzene rings is 1. The Hall–Kier alpha value is -2.16. The Balaban J connectivity index is 1.75. The number of hydrogen-bond donors (Lipinski definition) is 0. The molecule has 2 heterocycles. The zero-order valence-corrected chi connectivity index (χ0v) is 10.7. The largest absolute Gasteiger partial charge is 0.312 e. The smallest absolute Gasteiger partial charge is 0.227 e. The predicted molar refractivity (Wildman–Crippen MR) is 75.0 cm³/mol. The van der Waals surface area contributed by atoms with Gasteiger partial charge in [0.1, 0.15) is 0 Å². The van der Waals surface area contributed by atoms with Crippen LogP contribution in [-0.4, -0.2) is 17.4 Å². The number of hydrogen-bond acceptors (Lipinski definition) is 2. The Morgan fingerprint density at radius 1 is 1.11 bits per heavy atom. The molecular formula is C16H16N2O. The van der Waals surface area contributed by atoms with Crippen LogP contribution in [0.3, 0.4) is 0 Å². The summed E-state index contributed by atoms with van der Waals surface area (Å²) < 4.78 is 0. The monoisotopic (exact) mass is 252 g/mol. The second kappa shape index (κ2) is 5.22. The van der Waals surface area contributed by atoms with E-state index in [0.29, 0.717) is 12.3 Å². The number of amides is 1. The first kappa shape index (κ1) is 11.9. The fourth-order valence-corrected chi connectivity index (χ4v) is 2.62. The van der Waals surface area contributed by atoms with Gasteiger partial charge in [0.25, 0.3) is 0 Å². The first-order valence-corrected chi connectivity index (χ1v) is 6.60. The summed E-state index contributed by atoms with van der Waals surface area (Å²) in [5.74, 6) is 0.507. The molecule has 2 aromatic rings. The van der Waals surface area contributed by atoms with Crippen molar-refractivity contribution in [1.29, 1.82) is 0 Å². The van der Waals surface area contributed by atoms with Gasteiger partial charge in [0.15, 0.2) is 0 Å². The molecule has 3 nitrogen and oxygen atoms in total. The third-order valence-electron chi connectivity index (χ3n) is 3.65. The van der Waals surface area contributed by atoms with Crippen LogP contribution in [0.5, 0.6) is 0 Å². The molecule has 1 aliphatic heterocycles. The molecule has 1 aliphatic rings. The van der Waals surface area contributed by atoms with Crippen LogP contribution in [-0.2, 0) is 4.79 Å². The molecule has 0 spiro atoms. The van der Waals surface area contributed by atoms with Gasteiger partial charge < -0.3 is 4.90 Å². The number of piperidine rings is 1. The summed E-state index contributed by atoms with van der Waals surface area (Å²) >= 11 is 0. The van der Waals surface area contributed by atoms with Gasteiger partial charge in [-0.1, -0.05) is 24.3 Å². The quantitative estimate of drug-likeness (QED) is 0.823. The van der Waals surface area contributed by atoms with Crippen molar-refractivity contribution in [3.8, 4) is 0 Å². The van der Waals surface area contributed by atoms with Crippen molar-refractivity contribution in [1.82, 2.24) is 4.98 Å². The maximum absolute atomic E-state index is 12.3. The lowest BCUT2D eigenvalue weighted by Crippen LogP contribution is -2.38. The Kier molecular flexibility index (Phi) is 3.27.